The molecule has 0 bridgehead atoms. The average molecular weight is 151 g/mol. The van der Waals surface area contributed by atoms with Crippen molar-refractivity contribution in [2.24, 2.45) is 10.9 Å². The van der Waals surface area contributed by atoms with Crippen LogP contribution in [-0.2, 0) is 4.79 Å². The molecule has 0 saturated heterocycles. The van der Waals surface area contributed by atoms with E-state index in [1.165, 1.54) is 0 Å². The van der Waals surface area contributed by atoms with Crippen molar-refractivity contribution in [3.05, 3.63) is 11.3 Å². The fraction of sp³-hybridized carbons (Fsp3) is 0.556. The molecule has 0 radical (unpaired) electrons. The first-order chi connectivity index (χ1) is 5.04. The van der Waals surface area contributed by atoms with E-state index in [1.54, 1.807) is 0 Å². The van der Waals surface area contributed by atoms with Crippen LogP contribution in [0.3, 0.4) is 0 Å². The molecule has 0 spiro atoms. The quantitative estimate of drug-likeness (QED) is 0.520. The van der Waals surface area contributed by atoms with Crippen molar-refractivity contribution in [1.82, 2.24) is 0 Å². The van der Waals surface area contributed by atoms with Gasteiger partial charge >= 0.3 is 0 Å². The Bertz CT molecular complexity index is 259. The normalized spacial score (nSPS) is 25.6. The monoisotopic (exact) mass is 151 g/mol. The van der Waals surface area contributed by atoms with Gasteiger partial charge < -0.3 is 0 Å². The molecule has 0 aromatic rings. The molecule has 0 aromatic heterocycles. The van der Waals surface area contributed by atoms with Crippen LogP contribution in [0.1, 0.15) is 27.7 Å². The number of nitrogens with zero attached hydrogens (tertiary/aromatic N) is 1. The van der Waals surface area contributed by atoms with Crippen molar-refractivity contribution < 1.29 is 4.79 Å². The first-order valence-electron chi connectivity index (χ1n) is 3.81. The minimum atomic E-state index is -0.0151. The highest BCUT2D eigenvalue weighted by molar-refractivity contribution is 6.13. The molecule has 0 amide bonds. The second-order valence-corrected chi connectivity index (χ2v) is 3.05. The van der Waals surface area contributed by atoms with E-state index in [-0.39, 0.29) is 11.7 Å². The van der Waals surface area contributed by atoms with Crippen LogP contribution in [-0.4, -0.2) is 11.5 Å². The van der Waals surface area contributed by atoms with Crippen molar-refractivity contribution >= 4 is 11.5 Å². The smallest absolute Gasteiger partial charge is 0.168 e. The first-order valence-corrected chi connectivity index (χ1v) is 3.81. The zero-order valence-corrected chi connectivity index (χ0v) is 7.43. The van der Waals surface area contributed by atoms with E-state index in [2.05, 4.69) is 4.99 Å². The SMILES string of the molecule is CC1=NC(C)=C(C)C(=O)C1C. The van der Waals surface area contributed by atoms with Gasteiger partial charge in [0.2, 0.25) is 0 Å². The number of rotatable bonds is 0. The molecule has 0 fully saturated rings. The van der Waals surface area contributed by atoms with Crippen LogP contribution in [0.5, 0.6) is 0 Å². The fourth-order valence-corrected chi connectivity index (χ4v) is 1.14. The Morgan fingerprint density at radius 2 is 1.82 bits per heavy atom. The zero-order chi connectivity index (χ0) is 8.59. The fourth-order valence-electron chi connectivity index (χ4n) is 1.14. The van der Waals surface area contributed by atoms with Gasteiger partial charge in [-0.3, -0.25) is 9.79 Å². The van der Waals surface area contributed by atoms with Crippen LogP contribution < -0.4 is 0 Å². The highest BCUT2D eigenvalue weighted by Crippen LogP contribution is 2.19. The Balaban J connectivity index is 3.11. The Morgan fingerprint density at radius 3 is 2.36 bits per heavy atom. The summed E-state index contributed by atoms with van der Waals surface area (Å²) >= 11 is 0. The summed E-state index contributed by atoms with van der Waals surface area (Å²) in [4.78, 5) is 15.7. The molecule has 0 saturated carbocycles. The summed E-state index contributed by atoms with van der Waals surface area (Å²) in [7, 11) is 0. The van der Waals surface area contributed by atoms with E-state index in [4.69, 9.17) is 0 Å². The molecular weight excluding hydrogens is 138 g/mol. The molecule has 1 rings (SSSR count). The highest BCUT2D eigenvalue weighted by atomic mass is 16.1. The lowest BCUT2D eigenvalue weighted by Crippen LogP contribution is -2.23. The van der Waals surface area contributed by atoms with Gasteiger partial charge in [-0.1, -0.05) is 0 Å². The average Bonchev–Trinajstić information content (AvgIpc) is 1.97. The Hall–Kier alpha value is -0.920. The van der Waals surface area contributed by atoms with E-state index in [9.17, 15) is 4.79 Å². The lowest BCUT2D eigenvalue weighted by molar-refractivity contribution is -0.117. The molecule has 2 heteroatoms. The summed E-state index contributed by atoms with van der Waals surface area (Å²) in [5.41, 5.74) is 2.60. The lowest BCUT2D eigenvalue weighted by Gasteiger charge is -2.17. The van der Waals surface area contributed by atoms with Gasteiger partial charge in [0.25, 0.3) is 0 Å². The van der Waals surface area contributed by atoms with Crippen LogP contribution in [0.15, 0.2) is 16.3 Å². The molecule has 1 aliphatic heterocycles. The summed E-state index contributed by atoms with van der Waals surface area (Å²) in [5, 5.41) is 0. The number of hydrogen-bond donors (Lipinski definition) is 0. The summed E-state index contributed by atoms with van der Waals surface area (Å²) in [6.45, 7) is 7.52. The summed E-state index contributed by atoms with van der Waals surface area (Å²) in [6, 6.07) is 0. The third kappa shape index (κ3) is 1.25. The van der Waals surface area contributed by atoms with Gasteiger partial charge in [0.1, 0.15) is 0 Å². The van der Waals surface area contributed by atoms with E-state index < -0.39 is 0 Å². The van der Waals surface area contributed by atoms with Gasteiger partial charge in [0.05, 0.1) is 5.92 Å². The van der Waals surface area contributed by atoms with Gasteiger partial charge in [0, 0.05) is 17.0 Å². The predicted molar refractivity (Wildman–Crippen MR) is 45.7 cm³/mol. The van der Waals surface area contributed by atoms with Crippen LogP contribution in [0.2, 0.25) is 0 Å². The van der Waals surface area contributed by atoms with Crippen molar-refractivity contribution in [3.8, 4) is 0 Å². The molecule has 0 aliphatic carbocycles. The topological polar surface area (TPSA) is 29.4 Å². The Kier molecular flexibility index (Phi) is 1.94. The molecule has 1 aliphatic rings. The first kappa shape index (κ1) is 8.18. The maximum atomic E-state index is 11.4. The van der Waals surface area contributed by atoms with Gasteiger partial charge in [-0.25, -0.2) is 0 Å². The second kappa shape index (κ2) is 2.61. The maximum absolute atomic E-state index is 11.4. The molecule has 11 heavy (non-hydrogen) atoms. The van der Waals surface area contributed by atoms with Crippen molar-refractivity contribution in [3.63, 3.8) is 0 Å². The third-order valence-electron chi connectivity index (χ3n) is 2.28. The van der Waals surface area contributed by atoms with Crippen LogP contribution in [0.25, 0.3) is 0 Å². The number of hydrogen-bond acceptors (Lipinski definition) is 2. The second-order valence-electron chi connectivity index (χ2n) is 3.05. The Labute approximate surface area is 67.0 Å². The highest BCUT2D eigenvalue weighted by Gasteiger charge is 2.22. The standard InChI is InChI=1S/C9H13NO/c1-5-7(3)10-8(4)6(2)9(5)11/h5H,1-4H3. The van der Waals surface area contributed by atoms with Crippen LogP contribution in [0.4, 0.5) is 0 Å². The molecule has 1 heterocycles. The number of Topliss-reactive ketones (excluding diaryl/α,β-unsaturated/α-hetero) is 1. The van der Waals surface area contributed by atoms with E-state index >= 15 is 0 Å². The number of carbonyl (C=O) groups excluding carboxylic acids is 1. The van der Waals surface area contributed by atoms with Gasteiger partial charge in [0.15, 0.2) is 5.78 Å². The molecule has 0 N–H and O–H groups in total. The Morgan fingerprint density at radius 1 is 1.27 bits per heavy atom. The molecule has 0 aromatic carbocycles. The minimum Gasteiger partial charge on any atom is -0.294 e. The maximum Gasteiger partial charge on any atom is 0.168 e. The van der Waals surface area contributed by atoms with Gasteiger partial charge in [-0.05, 0) is 27.7 Å². The zero-order valence-electron chi connectivity index (χ0n) is 7.43. The van der Waals surface area contributed by atoms with Crippen molar-refractivity contribution in [2.45, 2.75) is 27.7 Å². The lowest BCUT2D eigenvalue weighted by atomic mass is 9.93. The third-order valence-corrected chi connectivity index (χ3v) is 2.28. The molecule has 1 unspecified atom stereocenters. The predicted octanol–water partition coefficient (Wildman–Crippen LogP) is 1.96. The van der Waals surface area contributed by atoms with Gasteiger partial charge in [-0.2, -0.15) is 0 Å². The minimum absolute atomic E-state index is 0.0151. The van der Waals surface area contributed by atoms with Crippen LogP contribution >= 0.6 is 0 Å². The van der Waals surface area contributed by atoms with Crippen molar-refractivity contribution in [2.75, 3.05) is 0 Å². The van der Waals surface area contributed by atoms with E-state index in [1.807, 2.05) is 27.7 Å². The summed E-state index contributed by atoms with van der Waals surface area (Å²) in [6.07, 6.45) is 0. The number of carbonyl (C=O) groups is 1. The van der Waals surface area contributed by atoms with Crippen LogP contribution in [0, 0.1) is 5.92 Å². The number of aliphatic imine (C=N–C) groups is 1. The molecule has 1 atom stereocenters. The van der Waals surface area contributed by atoms with Gasteiger partial charge in [-0.15, -0.1) is 0 Å². The molecule has 2 nitrogen and oxygen atoms in total. The summed E-state index contributed by atoms with van der Waals surface area (Å²) in [5.74, 6) is 0.203. The largest absolute Gasteiger partial charge is 0.294 e. The molecular formula is C9H13NO. The summed E-state index contributed by atoms with van der Waals surface area (Å²) < 4.78 is 0. The number of allylic oxidation sites excluding steroid dienone is 2. The molecule has 60 valence electrons. The number of ketones is 1. The van der Waals surface area contributed by atoms with Crippen molar-refractivity contribution in [1.29, 1.82) is 0 Å². The van der Waals surface area contributed by atoms with E-state index in [0.29, 0.717) is 0 Å². The van der Waals surface area contributed by atoms with E-state index in [0.717, 1.165) is 17.0 Å².